The van der Waals surface area contributed by atoms with Gasteiger partial charge in [0.2, 0.25) is 0 Å². The second-order valence-electron chi connectivity index (χ2n) is 10.5. The fourth-order valence-corrected chi connectivity index (χ4v) is 5.52. The van der Waals surface area contributed by atoms with E-state index in [1.807, 2.05) is 53.2 Å². The van der Waals surface area contributed by atoms with Crippen molar-refractivity contribution < 1.29 is 14.6 Å². The molecule has 2 unspecified atom stereocenters. The first kappa shape index (κ1) is 27.9. The van der Waals surface area contributed by atoms with E-state index in [0.29, 0.717) is 40.6 Å². The lowest BCUT2D eigenvalue weighted by molar-refractivity contribution is -0.0369. The van der Waals surface area contributed by atoms with Crippen LogP contribution in [0.2, 0.25) is 5.02 Å². The predicted octanol–water partition coefficient (Wildman–Crippen LogP) is 5.61. The summed E-state index contributed by atoms with van der Waals surface area (Å²) in [6, 6.07) is 25.1. The molecule has 1 fully saturated rings. The number of nitrogens with zero attached hydrogens (tertiary/aromatic N) is 3. The molecule has 0 spiro atoms. The van der Waals surface area contributed by atoms with Crippen LogP contribution in [0.25, 0.3) is 10.9 Å². The molecular formula is C33H31ClN4O4. The molecule has 1 aliphatic rings. The summed E-state index contributed by atoms with van der Waals surface area (Å²) in [6.07, 6.45) is 3.70. The minimum Gasteiger partial charge on any atom is -0.384 e. The molecular weight excluding hydrogens is 552 g/mol. The number of aromatic nitrogens is 3. The van der Waals surface area contributed by atoms with Gasteiger partial charge in [-0.25, -0.2) is 4.68 Å². The van der Waals surface area contributed by atoms with Crippen molar-refractivity contribution in [2.45, 2.75) is 44.7 Å². The minimum atomic E-state index is -0.913. The van der Waals surface area contributed by atoms with Crippen LogP contribution in [0, 0.1) is 0 Å². The zero-order valence-electron chi connectivity index (χ0n) is 22.9. The Morgan fingerprint density at radius 2 is 1.88 bits per heavy atom. The Balaban J connectivity index is 1.15. The van der Waals surface area contributed by atoms with E-state index >= 15 is 0 Å². The van der Waals surface area contributed by atoms with Gasteiger partial charge in [-0.1, -0.05) is 54.1 Å². The zero-order chi connectivity index (χ0) is 29.1. The van der Waals surface area contributed by atoms with Crippen LogP contribution in [0.5, 0.6) is 0 Å². The van der Waals surface area contributed by atoms with Gasteiger partial charge in [0.05, 0.1) is 24.3 Å². The van der Waals surface area contributed by atoms with Crippen molar-refractivity contribution >= 4 is 28.4 Å². The van der Waals surface area contributed by atoms with E-state index in [9.17, 15) is 14.7 Å². The molecule has 6 rings (SSSR count). The second-order valence-corrected chi connectivity index (χ2v) is 10.9. The van der Waals surface area contributed by atoms with Crippen molar-refractivity contribution in [3.8, 4) is 0 Å². The monoisotopic (exact) mass is 582 g/mol. The van der Waals surface area contributed by atoms with E-state index in [0.717, 1.165) is 35.7 Å². The number of rotatable bonds is 8. The van der Waals surface area contributed by atoms with E-state index in [1.165, 1.54) is 6.07 Å². The summed E-state index contributed by atoms with van der Waals surface area (Å²) in [6.45, 7) is 1.36. The Morgan fingerprint density at radius 3 is 2.67 bits per heavy atom. The Hall–Kier alpha value is -4.24. The molecule has 0 saturated carbocycles. The number of halogens is 1. The molecule has 9 heteroatoms. The summed E-state index contributed by atoms with van der Waals surface area (Å²) < 4.78 is 9.48. The van der Waals surface area contributed by atoms with Gasteiger partial charge in [0, 0.05) is 34.8 Å². The van der Waals surface area contributed by atoms with Gasteiger partial charge in [0.1, 0.15) is 6.10 Å². The lowest BCUT2D eigenvalue weighted by Crippen LogP contribution is -2.24. The normalized spacial score (nSPS) is 15.9. The van der Waals surface area contributed by atoms with Gasteiger partial charge in [-0.2, -0.15) is 5.10 Å². The number of hydrogen-bond donors (Lipinski definition) is 2. The van der Waals surface area contributed by atoms with E-state index in [4.69, 9.17) is 21.4 Å². The third kappa shape index (κ3) is 6.01. The Labute approximate surface area is 248 Å². The molecule has 8 nitrogen and oxygen atoms in total. The van der Waals surface area contributed by atoms with Crippen molar-refractivity contribution in [2.75, 3.05) is 6.61 Å². The van der Waals surface area contributed by atoms with Crippen LogP contribution in [-0.4, -0.2) is 32.0 Å². The number of pyridine rings is 1. The van der Waals surface area contributed by atoms with Crippen LogP contribution in [0.1, 0.15) is 64.3 Å². The van der Waals surface area contributed by atoms with E-state index in [1.54, 1.807) is 41.1 Å². The summed E-state index contributed by atoms with van der Waals surface area (Å²) in [5, 5.41) is 20.3. The van der Waals surface area contributed by atoms with Gasteiger partial charge in [-0.3, -0.25) is 9.59 Å². The van der Waals surface area contributed by atoms with Crippen molar-refractivity contribution in [3.05, 3.63) is 134 Å². The molecule has 5 aromatic rings. The highest BCUT2D eigenvalue weighted by molar-refractivity contribution is 6.31. The highest BCUT2D eigenvalue weighted by Crippen LogP contribution is 2.30. The van der Waals surface area contributed by atoms with Crippen LogP contribution < -0.4 is 10.9 Å². The molecule has 3 aromatic carbocycles. The smallest absolute Gasteiger partial charge is 0.251 e. The van der Waals surface area contributed by atoms with Gasteiger partial charge in [0.25, 0.3) is 11.5 Å². The third-order valence-corrected chi connectivity index (χ3v) is 7.84. The highest BCUT2D eigenvalue weighted by atomic mass is 35.5. The first-order valence-electron chi connectivity index (χ1n) is 14.0. The van der Waals surface area contributed by atoms with Gasteiger partial charge in [-0.05, 0) is 72.4 Å². The largest absolute Gasteiger partial charge is 0.384 e. The average molecular weight is 583 g/mol. The summed E-state index contributed by atoms with van der Waals surface area (Å²) in [7, 11) is 0. The van der Waals surface area contributed by atoms with Crippen molar-refractivity contribution in [3.63, 3.8) is 0 Å². The maximum absolute atomic E-state index is 13.2. The zero-order valence-corrected chi connectivity index (χ0v) is 23.7. The Kier molecular flexibility index (Phi) is 8.19. The summed E-state index contributed by atoms with van der Waals surface area (Å²) in [5.74, 6) is -0.272. The number of aliphatic hydroxyl groups is 1. The van der Waals surface area contributed by atoms with Crippen molar-refractivity contribution in [2.24, 2.45) is 0 Å². The number of benzene rings is 3. The predicted molar refractivity (Wildman–Crippen MR) is 162 cm³/mol. The lowest BCUT2D eigenvalue weighted by Gasteiger charge is -2.23. The molecule has 2 atom stereocenters. The van der Waals surface area contributed by atoms with Crippen LogP contribution >= 0.6 is 11.6 Å². The molecule has 2 aromatic heterocycles. The fraction of sp³-hybridized carbons (Fsp3) is 0.242. The molecule has 214 valence electrons. The van der Waals surface area contributed by atoms with Crippen molar-refractivity contribution in [1.82, 2.24) is 19.7 Å². The maximum Gasteiger partial charge on any atom is 0.251 e. The van der Waals surface area contributed by atoms with Crippen LogP contribution in [0.15, 0.2) is 95.9 Å². The first-order valence-corrected chi connectivity index (χ1v) is 14.4. The molecule has 3 heterocycles. The Morgan fingerprint density at radius 1 is 1.02 bits per heavy atom. The number of nitrogens with one attached hydrogen (secondary N) is 1. The van der Waals surface area contributed by atoms with Crippen LogP contribution in [0.3, 0.4) is 0 Å². The van der Waals surface area contributed by atoms with E-state index in [2.05, 4.69) is 5.32 Å². The van der Waals surface area contributed by atoms with Crippen LogP contribution in [0.4, 0.5) is 0 Å². The number of hydrogen-bond acceptors (Lipinski definition) is 5. The summed E-state index contributed by atoms with van der Waals surface area (Å²) in [4.78, 5) is 25.2. The quantitative estimate of drug-likeness (QED) is 0.248. The molecule has 0 aliphatic carbocycles. The molecule has 0 bridgehead atoms. The number of amides is 1. The van der Waals surface area contributed by atoms with Gasteiger partial charge < -0.3 is 19.7 Å². The average Bonchev–Trinajstić information content (AvgIpc) is 3.39. The number of aliphatic hydroxyl groups excluding tert-OH is 1. The molecule has 2 N–H and O–H groups in total. The second kappa shape index (κ2) is 12.3. The topological polar surface area (TPSA) is 98.4 Å². The van der Waals surface area contributed by atoms with Crippen LogP contribution in [-0.2, 0) is 17.8 Å². The first-order chi connectivity index (χ1) is 20.5. The highest BCUT2D eigenvalue weighted by Gasteiger charge is 2.22. The Bertz CT molecular complexity index is 1770. The SMILES string of the molecule is O=C(NCc1nn(C2CCCCO2)c2ccc(Cl)cc12)c1cccc(C(O)c2ccc(Cn3ccccc3=O)cc2)c1. The minimum absolute atomic E-state index is 0.0692. The lowest BCUT2D eigenvalue weighted by atomic mass is 9.98. The molecule has 1 aliphatic heterocycles. The van der Waals surface area contributed by atoms with Gasteiger partial charge >= 0.3 is 0 Å². The standard InChI is InChI=1S/C33H31ClN4O4/c34-26-14-15-29-27(19-26)28(36-38(29)31-9-2-4-17-42-31)20-35-33(41)25-7-5-6-24(18-25)32(40)23-12-10-22(11-13-23)21-37-16-3-1-8-30(37)39/h1,3,5-8,10-16,18-19,31-32,40H,2,4,9,17,20-21H2,(H,35,41). The van der Waals surface area contributed by atoms with E-state index < -0.39 is 6.10 Å². The van der Waals surface area contributed by atoms with E-state index in [-0.39, 0.29) is 24.2 Å². The number of ether oxygens (including phenoxy) is 1. The summed E-state index contributed by atoms with van der Waals surface area (Å²) >= 11 is 6.30. The molecule has 0 radical (unpaired) electrons. The number of carbonyl (C=O) groups is 1. The fourth-order valence-electron chi connectivity index (χ4n) is 5.35. The molecule has 42 heavy (non-hydrogen) atoms. The maximum atomic E-state index is 13.2. The van der Waals surface area contributed by atoms with Gasteiger partial charge in [0.15, 0.2) is 6.23 Å². The third-order valence-electron chi connectivity index (χ3n) is 7.60. The molecule has 1 amide bonds. The van der Waals surface area contributed by atoms with Crippen molar-refractivity contribution in [1.29, 1.82) is 0 Å². The van der Waals surface area contributed by atoms with Gasteiger partial charge in [-0.15, -0.1) is 0 Å². The molecule has 1 saturated heterocycles. The summed E-state index contributed by atoms with van der Waals surface area (Å²) in [5.41, 5.74) is 4.23. The number of fused-ring (bicyclic) bond motifs is 1. The number of carbonyl (C=O) groups excluding carboxylic acids is 1.